The van der Waals surface area contributed by atoms with Crippen molar-refractivity contribution in [2.75, 3.05) is 37.7 Å². The molecule has 1 saturated heterocycles. The van der Waals surface area contributed by atoms with Gasteiger partial charge in [-0.05, 0) is 54.4 Å². The highest BCUT2D eigenvalue weighted by atomic mass is 35.5. The number of amides is 2. The monoisotopic (exact) mass is 672 g/mol. The molecule has 6 rings (SSSR count). The van der Waals surface area contributed by atoms with Gasteiger partial charge in [-0.2, -0.15) is 16.9 Å². The average molecular weight is 674 g/mol. The number of hydrogen-bond donors (Lipinski definition) is 2. The quantitative estimate of drug-likeness (QED) is 0.201. The van der Waals surface area contributed by atoms with E-state index in [1.54, 1.807) is 4.90 Å². The first kappa shape index (κ1) is 32.5. The van der Waals surface area contributed by atoms with Crippen LogP contribution >= 0.6 is 35.0 Å². The van der Waals surface area contributed by atoms with Crippen molar-refractivity contribution in [2.45, 2.75) is 39.0 Å². The largest absolute Gasteiger partial charge is 0.351 e. The second-order valence-corrected chi connectivity index (χ2v) is 13.7. The van der Waals surface area contributed by atoms with E-state index in [2.05, 4.69) is 38.9 Å². The second kappa shape index (κ2) is 15.4. The van der Waals surface area contributed by atoms with Crippen LogP contribution < -0.4 is 11.1 Å². The van der Waals surface area contributed by atoms with Gasteiger partial charge in [0, 0.05) is 90.2 Å². The number of nitrogens with one attached hydrogen (secondary N) is 1. The normalized spacial score (nSPS) is 14.9. The summed E-state index contributed by atoms with van der Waals surface area (Å²) in [6.45, 7) is 6.70. The highest BCUT2D eigenvalue weighted by Gasteiger charge is 2.27. The number of aromatic nitrogens is 2. The lowest BCUT2D eigenvalue weighted by Gasteiger charge is -2.27. The molecule has 3 N–H and O–H groups in total. The fraction of sp³-hybridized carbons (Fsp3) is 0.333. The lowest BCUT2D eigenvalue weighted by molar-refractivity contribution is 0.201. The Bertz CT molecular complexity index is 1740. The Morgan fingerprint density at radius 3 is 2.52 bits per heavy atom. The fourth-order valence-electron chi connectivity index (χ4n) is 5.96. The van der Waals surface area contributed by atoms with Crippen LogP contribution in [0.2, 0.25) is 10.0 Å². The predicted molar refractivity (Wildman–Crippen MR) is 189 cm³/mol. The number of primary amides is 1. The molecule has 10 heteroatoms. The zero-order chi connectivity index (χ0) is 31.9. The third kappa shape index (κ3) is 8.09. The molecule has 0 saturated carbocycles. The number of nitrogens with two attached hydrogens (primary N) is 1. The molecule has 0 aliphatic carbocycles. The molecule has 2 aliphatic rings. The molecule has 238 valence electrons. The third-order valence-corrected chi connectivity index (χ3v) is 10.2. The molecule has 2 amide bonds. The highest BCUT2D eigenvalue weighted by molar-refractivity contribution is 7.99. The van der Waals surface area contributed by atoms with Crippen LogP contribution in [-0.2, 0) is 32.6 Å². The van der Waals surface area contributed by atoms with E-state index in [-0.39, 0.29) is 0 Å². The molecular weight excluding hydrogens is 635 g/mol. The van der Waals surface area contributed by atoms with Crippen LogP contribution in [0.15, 0.2) is 66.7 Å². The smallest absolute Gasteiger partial charge is 0.315 e. The van der Waals surface area contributed by atoms with Crippen LogP contribution in [0.1, 0.15) is 39.9 Å². The third-order valence-electron chi connectivity index (χ3n) is 8.53. The van der Waals surface area contributed by atoms with Crippen molar-refractivity contribution in [1.29, 1.82) is 0 Å². The Balaban J connectivity index is 1.17. The number of nitrogens with zero attached hydrogens (tertiary/aromatic N) is 4. The van der Waals surface area contributed by atoms with Crippen LogP contribution in [0.5, 0.6) is 0 Å². The van der Waals surface area contributed by atoms with E-state index in [9.17, 15) is 4.79 Å². The number of benzene rings is 3. The van der Waals surface area contributed by atoms with Gasteiger partial charge in [0.1, 0.15) is 0 Å². The molecule has 46 heavy (non-hydrogen) atoms. The molecule has 0 unspecified atom stereocenters. The Morgan fingerprint density at radius 1 is 0.935 bits per heavy atom. The van der Waals surface area contributed by atoms with Crippen molar-refractivity contribution in [2.24, 2.45) is 5.73 Å². The predicted octanol–water partition coefficient (Wildman–Crippen LogP) is 6.42. The Hall–Kier alpha value is -3.45. The maximum atomic E-state index is 12.1. The van der Waals surface area contributed by atoms with Crippen molar-refractivity contribution >= 4 is 41.0 Å². The van der Waals surface area contributed by atoms with E-state index in [0.717, 1.165) is 89.7 Å². The van der Waals surface area contributed by atoms with Gasteiger partial charge in [0.25, 0.3) is 0 Å². The van der Waals surface area contributed by atoms with Crippen molar-refractivity contribution in [3.05, 3.63) is 110 Å². The molecule has 0 atom stereocenters. The summed E-state index contributed by atoms with van der Waals surface area (Å²) >= 11 is 14.9. The highest BCUT2D eigenvalue weighted by Crippen LogP contribution is 2.32. The molecule has 0 spiro atoms. The summed E-state index contributed by atoms with van der Waals surface area (Å²) in [5.74, 6) is 8.96. The Kier molecular flexibility index (Phi) is 10.9. The van der Waals surface area contributed by atoms with Crippen LogP contribution in [0.4, 0.5) is 4.79 Å². The van der Waals surface area contributed by atoms with Crippen LogP contribution in [-0.4, -0.2) is 63.3 Å². The minimum Gasteiger partial charge on any atom is -0.351 e. The van der Waals surface area contributed by atoms with Crippen molar-refractivity contribution < 1.29 is 4.79 Å². The first-order chi connectivity index (χ1) is 22.4. The maximum Gasteiger partial charge on any atom is 0.315 e. The first-order valence-electron chi connectivity index (χ1n) is 15.7. The summed E-state index contributed by atoms with van der Waals surface area (Å²) < 4.78 is 2.15. The van der Waals surface area contributed by atoms with E-state index in [4.69, 9.17) is 34.0 Å². The van der Waals surface area contributed by atoms with Gasteiger partial charge in [0.2, 0.25) is 0 Å². The van der Waals surface area contributed by atoms with E-state index >= 15 is 0 Å². The van der Waals surface area contributed by atoms with Gasteiger partial charge in [-0.3, -0.25) is 4.68 Å². The molecule has 3 heterocycles. The van der Waals surface area contributed by atoms with Crippen LogP contribution in [0.25, 0.3) is 11.3 Å². The topological polar surface area (TPSA) is 79.4 Å². The number of rotatable bonds is 9. The molecule has 3 aromatic carbocycles. The minimum atomic E-state index is -0.405. The average Bonchev–Trinajstić information content (AvgIpc) is 3.44. The van der Waals surface area contributed by atoms with Crippen molar-refractivity contribution in [1.82, 2.24) is 24.9 Å². The molecule has 1 aromatic heterocycles. The summed E-state index contributed by atoms with van der Waals surface area (Å²) in [5, 5.41) is 9.90. The number of hydrogen-bond acceptors (Lipinski definition) is 5. The Morgan fingerprint density at radius 2 is 1.74 bits per heavy atom. The van der Waals surface area contributed by atoms with Gasteiger partial charge in [-0.1, -0.05) is 71.4 Å². The number of carbonyl (C=O) groups is 1. The lowest BCUT2D eigenvalue weighted by Crippen LogP contribution is -2.39. The number of halogens is 2. The van der Waals surface area contributed by atoms with E-state index in [0.29, 0.717) is 24.7 Å². The molecular formula is C36H38Cl2N6OS. The Labute approximate surface area is 285 Å². The van der Waals surface area contributed by atoms with E-state index in [1.165, 1.54) is 17.2 Å². The van der Waals surface area contributed by atoms with Gasteiger partial charge in [-0.25, -0.2) is 4.79 Å². The number of thioether (sulfide) groups is 1. The molecule has 0 bridgehead atoms. The minimum absolute atomic E-state index is 0.405. The molecule has 0 radical (unpaired) electrons. The van der Waals surface area contributed by atoms with Crippen molar-refractivity contribution in [3.8, 4) is 23.1 Å². The number of fused-ring (bicyclic) bond motifs is 1. The van der Waals surface area contributed by atoms with Gasteiger partial charge in [0.15, 0.2) is 0 Å². The zero-order valence-corrected chi connectivity index (χ0v) is 28.1. The molecule has 1 fully saturated rings. The first-order valence-corrected chi connectivity index (χ1v) is 17.6. The SMILES string of the molecule is NC(=O)N1CCc2c(c(-c3ccc(Cl)c(C#Cc4ccc(CNCc5ccccc5Cl)cc4)c3)nn2CCCN2CCSCC2)C1. The summed E-state index contributed by atoms with van der Waals surface area (Å²) in [6.07, 6.45) is 1.77. The number of carbonyl (C=O) groups excluding carboxylic acids is 1. The number of aryl methyl sites for hydroxylation is 1. The van der Waals surface area contributed by atoms with Crippen LogP contribution in [0.3, 0.4) is 0 Å². The second-order valence-electron chi connectivity index (χ2n) is 11.7. The lowest BCUT2D eigenvalue weighted by atomic mass is 9.99. The van der Waals surface area contributed by atoms with Crippen LogP contribution in [0, 0.1) is 11.8 Å². The van der Waals surface area contributed by atoms with E-state index in [1.807, 2.05) is 66.4 Å². The molecule has 7 nitrogen and oxygen atoms in total. The summed E-state index contributed by atoms with van der Waals surface area (Å²) in [6, 6.07) is 21.5. The zero-order valence-electron chi connectivity index (χ0n) is 25.8. The van der Waals surface area contributed by atoms with Gasteiger partial charge >= 0.3 is 6.03 Å². The van der Waals surface area contributed by atoms with Gasteiger partial charge < -0.3 is 20.9 Å². The molecule has 4 aromatic rings. The summed E-state index contributed by atoms with van der Waals surface area (Å²) in [5.41, 5.74) is 13.6. The molecule has 2 aliphatic heterocycles. The fourth-order valence-corrected chi connectivity index (χ4v) is 7.31. The maximum absolute atomic E-state index is 12.1. The van der Waals surface area contributed by atoms with Crippen molar-refractivity contribution in [3.63, 3.8) is 0 Å². The van der Waals surface area contributed by atoms with E-state index < -0.39 is 6.03 Å². The van der Waals surface area contributed by atoms with Gasteiger partial charge in [-0.15, -0.1) is 0 Å². The number of urea groups is 1. The summed E-state index contributed by atoms with van der Waals surface area (Å²) in [4.78, 5) is 16.3. The summed E-state index contributed by atoms with van der Waals surface area (Å²) in [7, 11) is 0. The van der Waals surface area contributed by atoms with Gasteiger partial charge in [0.05, 0.1) is 17.3 Å². The standard InChI is InChI=1S/C36H38Cl2N6OS/c37-32-5-2-1-4-30(32)24-40-23-27-8-6-26(7-9-27)10-11-28-22-29(12-13-33(28)38)35-31-25-43(36(39)45)17-14-34(31)44(41-35)16-3-15-42-18-20-46-21-19-42/h1-2,4-9,12-13,22,40H,3,14-21,23-25H2,(H2,39,45).